The minimum absolute atomic E-state index is 0.236. The molecule has 0 unspecified atom stereocenters. The van der Waals surface area contributed by atoms with Gasteiger partial charge in [-0.1, -0.05) is 0 Å². The number of hydrogen-bond donors (Lipinski definition) is 1. The van der Waals surface area contributed by atoms with Crippen molar-refractivity contribution < 1.29 is 9.13 Å². The standard InChI is InChI=1S/C17H13FN2OS/c18-13-4-1-11(2-5-13)15-10-22-17(20-15)12-3-6-16-14(9-12)19-7-8-21-16/h1-6,9-10,19H,7-8H2. The number of nitrogens with one attached hydrogen (secondary N) is 1. The van der Waals surface area contributed by atoms with E-state index in [-0.39, 0.29) is 5.82 Å². The van der Waals surface area contributed by atoms with E-state index in [9.17, 15) is 4.39 Å². The molecule has 0 atom stereocenters. The zero-order chi connectivity index (χ0) is 14.9. The predicted molar refractivity (Wildman–Crippen MR) is 86.9 cm³/mol. The number of anilines is 1. The average Bonchev–Trinajstić information content (AvgIpc) is 3.05. The van der Waals surface area contributed by atoms with Crippen molar-refractivity contribution in [3.63, 3.8) is 0 Å². The van der Waals surface area contributed by atoms with Gasteiger partial charge in [-0.15, -0.1) is 11.3 Å². The summed E-state index contributed by atoms with van der Waals surface area (Å²) in [6.07, 6.45) is 0. The van der Waals surface area contributed by atoms with Crippen molar-refractivity contribution in [2.75, 3.05) is 18.5 Å². The van der Waals surface area contributed by atoms with Crippen LogP contribution >= 0.6 is 11.3 Å². The number of thiazole rings is 1. The number of fused-ring (bicyclic) bond motifs is 1. The van der Waals surface area contributed by atoms with Gasteiger partial charge < -0.3 is 10.1 Å². The quantitative estimate of drug-likeness (QED) is 0.760. The summed E-state index contributed by atoms with van der Waals surface area (Å²) in [5.74, 6) is 0.644. The van der Waals surface area contributed by atoms with Gasteiger partial charge >= 0.3 is 0 Å². The summed E-state index contributed by atoms with van der Waals surface area (Å²) in [5.41, 5.74) is 3.84. The van der Waals surface area contributed by atoms with Crippen molar-refractivity contribution in [1.29, 1.82) is 0 Å². The molecule has 1 aliphatic heterocycles. The first kappa shape index (κ1) is 13.3. The Kier molecular flexibility index (Phi) is 3.27. The molecule has 22 heavy (non-hydrogen) atoms. The van der Waals surface area contributed by atoms with Gasteiger partial charge in [0.05, 0.1) is 11.4 Å². The van der Waals surface area contributed by atoms with E-state index in [0.29, 0.717) is 6.61 Å². The first-order chi connectivity index (χ1) is 10.8. The number of ether oxygens (including phenoxy) is 1. The third kappa shape index (κ3) is 2.44. The Morgan fingerprint density at radius 3 is 2.77 bits per heavy atom. The first-order valence-corrected chi connectivity index (χ1v) is 7.90. The van der Waals surface area contributed by atoms with Crippen molar-refractivity contribution in [2.45, 2.75) is 0 Å². The number of rotatable bonds is 2. The van der Waals surface area contributed by atoms with E-state index in [1.54, 1.807) is 23.5 Å². The minimum atomic E-state index is -0.236. The van der Waals surface area contributed by atoms with Gasteiger partial charge in [-0.2, -0.15) is 0 Å². The molecule has 0 spiro atoms. The molecular weight excluding hydrogens is 299 g/mol. The highest BCUT2D eigenvalue weighted by molar-refractivity contribution is 7.13. The molecule has 0 aliphatic carbocycles. The summed E-state index contributed by atoms with van der Waals surface area (Å²) in [6, 6.07) is 12.4. The summed E-state index contributed by atoms with van der Waals surface area (Å²) < 4.78 is 18.6. The molecule has 0 fully saturated rings. The molecule has 0 amide bonds. The lowest BCUT2D eigenvalue weighted by molar-refractivity contribution is 0.323. The largest absolute Gasteiger partial charge is 0.490 e. The number of benzene rings is 2. The Bertz CT molecular complexity index is 814. The van der Waals surface area contributed by atoms with E-state index in [1.165, 1.54) is 12.1 Å². The van der Waals surface area contributed by atoms with Crippen molar-refractivity contribution >= 4 is 17.0 Å². The third-order valence-corrected chi connectivity index (χ3v) is 4.44. The summed E-state index contributed by atoms with van der Waals surface area (Å²) in [7, 11) is 0. The van der Waals surface area contributed by atoms with E-state index in [1.807, 2.05) is 17.5 Å². The van der Waals surface area contributed by atoms with E-state index in [4.69, 9.17) is 4.74 Å². The van der Waals surface area contributed by atoms with Gasteiger partial charge in [0.15, 0.2) is 0 Å². The SMILES string of the molecule is Fc1ccc(-c2csc(-c3ccc4c(c3)NCCO4)n2)cc1. The highest BCUT2D eigenvalue weighted by Gasteiger charge is 2.13. The molecular formula is C17H13FN2OS. The van der Waals surface area contributed by atoms with Crippen molar-refractivity contribution in [3.8, 4) is 27.6 Å². The monoisotopic (exact) mass is 312 g/mol. The fourth-order valence-corrected chi connectivity index (χ4v) is 3.26. The molecule has 5 heteroatoms. The maximum absolute atomic E-state index is 13.0. The second-order valence-corrected chi connectivity index (χ2v) is 5.89. The van der Waals surface area contributed by atoms with Crippen LogP contribution < -0.4 is 10.1 Å². The maximum atomic E-state index is 13.0. The fraction of sp³-hybridized carbons (Fsp3) is 0.118. The van der Waals surface area contributed by atoms with Gasteiger partial charge in [-0.25, -0.2) is 9.37 Å². The van der Waals surface area contributed by atoms with Crippen LogP contribution in [-0.2, 0) is 0 Å². The molecule has 4 rings (SSSR count). The van der Waals surface area contributed by atoms with Crippen LogP contribution in [0, 0.1) is 5.82 Å². The Hall–Kier alpha value is -2.40. The van der Waals surface area contributed by atoms with Crippen LogP contribution in [0.2, 0.25) is 0 Å². The van der Waals surface area contributed by atoms with Crippen molar-refractivity contribution in [2.24, 2.45) is 0 Å². The van der Waals surface area contributed by atoms with Crippen LogP contribution in [0.3, 0.4) is 0 Å². The molecule has 0 saturated carbocycles. The number of hydrogen-bond acceptors (Lipinski definition) is 4. The van der Waals surface area contributed by atoms with E-state index >= 15 is 0 Å². The van der Waals surface area contributed by atoms with Crippen LogP contribution in [0.15, 0.2) is 47.8 Å². The topological polar surface area (TPSA) is 34.1 Å². The number of halogens is 1. The van der Waals surface area contributed by atoms with Crippen molar-refractivity contribution in [1.82, 2.24) is 4.98 Å². The lowest BCUT2D eigenvalue weighted by Crippen LogP contribution is -2.17. The zero-order valence-electron chi connectivity index (χ0n) is 11.7. The molecule has 0 bridgehead atoms. The Balaban J connectivity index is 1.68. The highest BCUT2D eigenvalue weighted by Crippen LogP contribution is 2.35. The van der Waals surface area contributed by atoms with Crippen LogP contribution in [0.25, 0.3) is 21.8 Å². The van der Waals surface area contributed by atoms with Crippen molar-refractivity contribution in [3.05, 3.63) is 53.7 Å². The molecule has 2 aromatic carbocycles. The molecule has 2 heterocycles. The number of nitrogens with zero attached hydrogens (tertiary/aromatic N) is 1. The Morgan fingerprint density at radius 2 is 1.91 bits per heavy atom. The first-order valence-electron chi connectivity index (χ1n) is 7.02. The van der Waals surface area contributed by atoms with Gasteiger partial charge in [0.1, 0.15) is 23.2 Å². The van der Waals surface area contributed by atoms with Gasteiger partial charge in [-0.05, 0) is 42.5 Å². The van der Waals surface area contributed by atoms with Gasteiger partial charge in [0.25, 0.3) is 0 Å². The Labute approximate surface area is 131 Å². The van der Waals surface area contributed by atoms with Gasteiger partial charge in [0.2, 0.25) is 0 Å². The molecule has 1 aromatic heterocycles. The number of aromatic nitrogens is 1. The molecule has 1 aliphatic rings. The molecule has 0 saturated heterocycles. The zero-order valence-corrected chi connectivity index (χ0v) is 12.5. The summed E-state index contributed by atoms with van der Waals surface area (Å²) in [4.78, 5) is 4.66. The lowest BCUT2D eigenvalue weighted by Gasteiger charge is -2.19. The third-order valence-electron chi connectivity index (χ3n) is 3.55. The smallest absolute Gasteiger partial charge is 0.142 e. The van der Waals surface area contributed by atoms with Crippen LogP contribution in [0.4, 0.5) is 10.1 Å². The molecule has 1 N–H and O–H groups in total. The summed E-state index contributed by atoms with van der Waals surface area (Å²) in [5, 5.41) is 6.26. The second-order valence-electron chi connectivity index (χ2n) is 5.03. The van der Waals surface area contributed by atoms with Gasteiger partial charge in [0, 0.05) is 23.1 Å². The van der Waals surface area contributed by atoms with E-state index < -0.39 is 0 Å². The fourth-order valence-electron chi connectivity index (χ4n) is 2.43. The molecule has 110 valence electrons. The van der Waals surface area contributed by atoms with E-state index in [0.717, 1.165) is 39.8 Å². The van der Waals surface area contributed by atoms with Crippen LogP contribution in [0.1, 0.15) is 0 Å². The Morgan fingerprint density at radius 1 is 1.09 bits per heavy atom. The van der Waals surface area contributed by atoms with E-state index in [2.05, 4.69) is 16.4 Å². The molecule has 3 aromatic rings. The lowest BCUT2D eigenvalue weighted by atomic mass is 10.1. The van der Waals surface area contributed by atoms with Gasteiger partial charge in [-0.3, -0.25) is 0 Å². The maximum Gasteiger partial charge on any atom is 0.142 e. The summed E-state index contributed by atoms with van der Waals surface area (Å²) >= 11 is 1.58. The second kappa shape index (κ2) is 5.42. The average molecular weight is 312 g/mol. The predicted octanol–water partition coefficient (Wildman–Crippen LogP) is 4.42. The van der Waals surface area contributed by atoms with Crippen LogP contribution in [0.5, 0.6) is 5.75 Å². The van der Waals surface area contributed by atoms with Crippen LogP contribution in [-0.4, -0.2) is 18.1 Å². The molecule has 0 radical (unpaired) electrons. The minimum Gasteiger partial charge on any atom is -0.490 e. The summed E-state index contributed by atoms with van der Waals surface area (Å²) in [6.45, 7) is 1.51. The normalized spacial score (nSPS) is 13.1. The highest BCUT2D eigenvalue weighted by atomic mass is 32.1. The molecule has 3 nitrogen and oxygen atoms in total.